The van der Waals surface area contributed by atoms with Gasteiger partial charge in [-0.1, -0.05) is 38.1 Å². The fourth-order valence-electron chi connectivity index (χ4n) is 3.74. The number of hydrogen-bond acceptors (Lipinski definition) is 3. The second-order valence-corrected chi connectivity index (χ2v) is 7.86. The summed E-state index contributed by atoms with van der Waals surface area (Å²) in [5, 5.41) is 3.15. The van der Waals surface area contributed by atoms with Crippen LogP contribution in [0.25, 0.3) is 0 Å². The van der Waals surface area contributed by atoms with E-state index in [0.717, 1.165) is 30.2 Å². The van der Waals surface area contributed by atoms with Crippen LogP contribution in [0, 0.1) is 5.92 Å². The number of ether oxygens (including phenoxy) is 1. The minimum atomic E-state index is -0.0268. The van der Waals surface area contributed by atoms with Gasteiger partial charge in [0.15, 0.2) is 0 Å². The molecule has 1 unspecified atom stereocenters. The number of nitrogens with one attached hydrogen (secondary N) is 1. The van der Waals surface area contributed by atoms with Gasteiger partial charge >= 0.3 is 0 Å². The highest BCUT2D eigenvalue weighted by Gasteiger charge is 2.17. The molecule has 0 aliphatic carbocycles. The highest BCUT2D eigenvalue weighted by atomic mass is 16.5. The fraction of sp³-hybridized carbons (Fsp3) is 0.458. The van der Waals surface area contributed by atoms with Gasteiger partial charge < -0.3 is 10.1 Å². The molecule has 1 aliphatic heterocycles. The molecular weight excluding hydrogens is 348 g/mol. The van der Waals surface area contributed by atoms with Gasteiger partial charge in [0, 0.05) is 12.1 Å². The van der Waals surface area contributed by atoms with E-state index in [2.05, 4.69) is 36.2 Å². The van der Waals surface area contributed by atoms with E-state index in [1.165, 1.54) is 31.5 Å². The van der Waals surface area contributed by atoms with Gasteiger partial charge in [-0.2, -0.15) is 0 Å². The Morgan fingerprint density at radius 3 is 2.32 bits per heavy atom. The number of amides is 1. The number of piperidine rings is 1. The van der Waals surface area contributed by atoms with Gasteiger partial charge in [0.25, 0.3) is 5.91 Å². The van der Waals surface area contributed by atoms with Crippen molar-refractivity contribution < 1.29 is 9.53 Å². The summed E-state index contributed by atoms with van der Waals surface area (Å²) in [6.07, 6.45) is 3.40. The number of benzene rings is 2. The lowest BCUT2D eigenvalue weighted by molar-refractivity contribution is 0.0935. The monoisotopic (exact) mass is 380 g/mol. The van der Waals surface area contributed by atoms with Crippen LogP contribution in [0.3, 0.4) is 0 Å². The van der Waals surface area contributed by atoms with E-state index in [-0.39, 0.29) is 11.9 Å². The molecule has 28 heavy (non-hydrogen) atoms. The summed E-state index contributed by atoms with van der Waals surface area (Å²) < 4.78 is 5.21. The molecule has 0 radical (unpaired) electrons. The zero-order valence-electron chi connectivity index (χ0n) is 17.3. The predicted molar refractivity (Wildman–Crippen MR) is 114 cm³/mol. The number of carbonyl (C=O) groups is 1. The van der Waals surface area contributed by atoms with Gasteiger partial charge in [-0.05, 0) is 73.7 Å². The highest BCUT2D eigenvalue weighted by Crippen LogP contribution is 2.21. The van der Waals surface area contributed by atoms with Crippen LogP contribution in [0.15, 0.2) is 48.5 Å². The minimum absolute atomic E-state index is 0.00609. The maximum Gasteiger partial charge on any atom is 0.251 e. The summed E-state index contributed by atoms with van der Waals surface area (Å²) in [6.45, 7) is 7.73. The summed E-state index contributed by atoms with van der Waals surface area (Å²) in [6, 6.07) is 15.9. The number of carbonyl (C=O) groups excluding carboxylic acids is 1. The van der Waals surface area contributed by atoms with E-state index >= 15 is 0 Å². The third kappa shape index (κ3) is 5.35. The largest absolute Gasteiger partial charge is 0.497 e. The minimum Gasteiger partial charge on any atom is -0.497 e. The van der Waals surface area contributed by atoms with E-state index < -0.39 is 0 Å². The summed E-state index contributed by atoms with van der Waals surface area (Å²) >= 11 is 0. The summed E-state index contributed by atoms with van der Waals surface area (Å²) in [7, 11) is 1.66. The SMILES string of the molecule is CCC(NC(=O)c1ccc(CN2CCC(C)CC2)cc1)c1ccc(OC)cc1. The molecule has 1 atom stereocenters. The second kappa shape index (κ2) is 9.74. The third-order valence-corrected chi connectivity index (χ3v) is 5.73. The summed E-state index contributed by atoms with van der Waals surface area (Å²) in [5.41, 5.74) is 3.07. The van der Waals surface area contributed by atoms with Crippen molar-refractivity contribution in [3.8, 4) is 5.75 Å². The van der Waals surface area contributed by atoms with Crippen molar-refractivity contribution in [1.82, 2.24) is 10.2 Å². The van der Waals surface area contributed by atoms with Crippen LogP contribution in [0.4, 0.5) is 0 Å². The molecule has 3 rings (SSSR count). The highest BCUT2D eigenvalue weighted by molar-refractivity contribution is 5.94. The molecule has 1 N–H and O–H groups in total. The van der Waals surface area contributed by atoms with Gasteiger partial charge in [-0.25, -0.2) is 0 Å². The zero-order chi connectivity index (χ0) is 19.9. The molecule has 150 valence electrons. The number of nitrogens with zero attached hydrogens (tertiary/aromatic N) is 1. The summed E-state index contributed by atoms with van der Waals surface area (Å²) in [4.78, 5) is 15.2. The van der Waals surface area contributed by atoms with E-state index in [4.69, 9.17) is 4.74 Å². The molecule has 4 nitrogen and oxygen atoms in total. The van der Waals surface area contributed by atoms with E-state index in [1.54, 1.807) is 7.11 Å². The third-order valence-electron chi connectivity index (χ3n) is 5.73. The Bertz CT molecular complexity index is 747. The topological polar surface area (TPSA) is 41.6 Å². The Hall–Kier alpha value is -2.33. The predicted octanol–water partition coefficient (Wildman–Crippen LogP) is 4.81. The first-order valence-electron chi connectivity index (χ1n) is 10.3. The Kier molecular flexibility index (Phi) is 7.10. The lowest BCUT2D eigenvalue weighted by Crippen LogP contribution is -2.32. The molecule has 1 heterocycles. The maximum absolute atomic E-state index is 12.7. The van der Waals surface area contributed by atoms with Crippen LogP contribution in [-0.4, -0.2) is 31.0 Å². The van der Waals surface area contributed by atoms with Crippen LogP contribution >= 0.6 is 0 Å². The van der Waals surface area contributed by atoms with Crippen molar-refractivity contribution in [3.63, 3.8) is 0 Å². The van der Waals surface area contributed by atoms with Crippen LogP contribution < -0.4 is 10.1 Å². The van der Waals surface area contributed by atoms with Crippen LogP contribution in [0.1, 0.15) is 60.6 Å². The number of rotatable bonds is 7. The lowest BCUT2D eigenvalue weighted by atomic mass is 9.98. The zero-order valence-corrected chi connectivity index (χ0v) is 17.3. The van der Waals surface area contributed by atoms with Gasteiger partial charge in [0.2, 0.25) is 0 Å². The average Bonchev–Trinajstić information content (AvgIpc) is 2.74. The standard InChI is InChI=1S/C24H32N2O2/c1-4-23(20-9-11-22(28-3)12-10-20)25-24(27)21-7-5-19(6-8-21)17-26-15-13-18(2)14-16-26/h5-12,18,23H,4,13-17H2,1-3H3,(H,25,27). The van der Waals surface area contributed by atoms with Crippen molar-refractivity contribution in [3.05, 3.63) is 65.2 Å². The molecule has 2 aromatic rings. The number of likely N-dealkylation sites (tertiary alicyclic amines) is 1. The van der Waals surface area contributed by atoms with Gasteiger partial charge in [0.1, 0.15) is 5.75 Å². The Balaban J connectivity index is 1.58. The van der Waals surface area contributed by atoms with Crippen LogP contribution in [-0.2, 0) is 6.54 Å². The fourth-order valence-corrected chi connectivity index (χ4v) is 3.74. The Morgan fingerprint density at radius 1 is 1.11 bits per heavy atom. The first-order chi connectivity index (χ1) is 13.6. The lowest BCUT2D eigenvalue weighted by Gasteiger charge is -2.30. The van der Waals surface area contributed by atoms with Crippen LogP contribution in [0.2, 0.25) is 0 Å². The molecule has 0 aromatic heterocycles. The molecule has 0 spiro atoms. The first kappa shape index (κ1) is 20.4. The number of hydrogen-bond donors (Lipinski definition) is 1. The molecule has 1 fully saturated rings. The van der Waals surface area contributed by atoms with Crippen molar-refractivity contribution in [2.45, 2.75) is 45.7 Å². The molecule has 2 aromatic carbocycles. The van der Waals surface area contributed by atoms with Crippen molar-refractivity contribution in [1.29, 1.82) is 0 Å². The van der Waals surface area contributed by atoms with Gasteiger partial charge in [-0.3, -0.25) is 9.69 Å². The summed E-state index contributed by atoms with van der Waals surface area (Å²) in [5.74, 6) is 1.64. The van der Waals surface area contributed by atoms with E-state index in [1.807, 2.05) is 36.4 Å². The quantitative estimate of drug-likeness (QED) is 0.750. The van der Waals surface area contributed by atoms with Gasteiger partial charge in [-0.15, -0.1) is 0 Å². The van der Waals surface area contributed by atoms with E-state index in [0.29, 0.717) is 5.56 Å². The Morgan fingerprint density at radius 2 is 1.75 bits per heavy atom. The van der Waals surface area contributed by atoms with Crippen molar-refractivity contribution in [2.75, 3.05) is 20.2 Å². The van der Waals surface area contributed by atoms with Gasteiger partial charge in [0.05, 0.1) is 13.2 Å². The number of methoxy groups -OCH3 is 1. The molecule has 1 aliphatic rings. The maximum atomic E-state index is 12.7. The normalized spacial score (nSPS) is 16.5. The molecule has 1 amide bonds. The van der Waals surface area contributed by atoms with Crippen molar-refractivity contribution >= 4 is 5.91 Å². The molecule has 4 heteroatoms. The average molecular weight is 381 g/mol. The molecule has 0 bridgehead atoms. The first-order valence-corrected chi connectivity index (χ1v) is 10.3. The molecular formula is C24H32N2O2. The molecule has 1 saturated heterocycles. The van der Waals surface area contributed by atoms with Crippen molar-refractivity contribution in [2.24, 2.45) is 5.92 Å². The molecule has 0 saturated carbocycles. The van der Waals surface area contributed by atoms with Crippen LogP contribution in [0.5, 0.6) is 5.75 Å². The second-order valence-electron chi connectivity index (χ2n) is 7.86. The smallest absolute Gasteiger partial charge is 0.251 e. The van der Waals surface area contributed by atoms with E-state index in [9.17, 15) is 4.79 Å². The Labute approximate surface area is 168 Å².